The van der Waals surface area contributed by atoms with E-state index < -0.39 is 0 Å². The Morgan fingerprint density at radius 3 is 2.56 bits per heavy atom. The normalized spacial score (nSPS) is 21.9. The molecular weight excluding hydrogens is 429 g/mol. The van der Waals surface area contributed by atoms with Gasteiger partial charge in [-0.3, -0.25) is 0 Å². The van der Waals surface area contributed by atoms with Crippen molar-refractivity contribution in [3.8, 4) is 11.1 Å². The van der Waals surface area contributed by atoms with Gasteiger partial charge < -0.3 is 20.7 Å². The minimum atomic E-state index is -0.368. The molecule has 2 heterocycles. The molecule has 0 saturated heterocycles. The van der Waals surface area contributed by atoms with Crippen molar-refractivity contribution in [1.82, 2.24) is 15.3 Å². The van der Waals surface area contributed by atoms with Gasteiger partial charge in [-0.25, -0.2) is 14.4 Å². The summed E-state index contributed by atoms with van der Waals surface area (Å²) in [5.74, 6) is 1.03. The summed E-state index contributed by atoms with van der Waals surface area (Å²) in [6.07, 6.45) is 9.67. The van der Waals surface area contributed by atoms with Crippen molar-refractivity contribution in [3.05, 3.63) is 35.5 Å². The van der Waals surface area contributed by atoms with Crippen LogP contribution < -0.4 is 16.0 Å². The maximum Gasteiger partial charge on any atom is 0.152 e. The zero-order valence-corrected chi connectivity index (χ0v) is 19.6. The Labute approximate surface area is 194 Å². The summed E-state index contributed by atoms with van der Waals surface area (Å²) in [4.78, 5) is 8.54. The summed E-state index contributed by atoms with van der Waals surface area (Å²) in [7, 11) is 1.73. The van der Waals surface area contributed by atoms with Crippen molar-refractivity contribution in [2.75, 3.05) is 30.9 Å². The molecule has 32 heavy (non-hydrogen) atoms. The maximum absolute atomic E-state index is 14.6. The molecule has 2 saturated carbocycles. The number of hydrogen-bond donors (Lipinski definition) is 3. The first-order valence-electron chi connectivity index (χ1n) is 11.6. The van der Waals surface area contributed by atoms with Crippen molar-refractivity contribution in [2.45, 2.75) is 63.6 Å². The van der Waals surface area contributed by atoms with Gasteiger partial charge in [-0.1, -0.05) is 11.6 Å². The summed E-state index contributed by atoms with van der Waals surface area (Å²) in [5, 5.41) is 10.9. The lowest BCUT2D eigenvalue weighted by atomic mass is 9.90. The van der Waals surface area contributed by atoms with E-state index in [1.807, 2.05) is 6.07 Å². The molecule has 2 aromatic rings. The fraction of sp³-hybridized carbons (Fsp3) is 0.583. The van der Waals surface area contributed by atoms with Gasteiger partial charge in [0.25, 0.3) is 0 Å². The molecule has 4 rings (SSSR count). The average Bonchev–Trinajstić information content (AvgIpc) is 3.61. The van der Waals surface area contributed by atoms with E-state index >= 15 is 0 Å². The van der Waals surface area contributed by atoms with Crippen LogP contribution >= 0.6 is 11.6 Å². The van der Waals surface area contributed by atoms with Crippen LogP contribution in [0.15, 0.2) is 24.5 Å². The van der Waals surface area contributed by atoms with Crippen molar-refractivity contribution < 1.29 is 9.13 Å². The van der Waals surface area contributed by atoms with E-state index in [2.05, 4.69) is 32.8 Å². The zero-order valence-electron chi connectivity index (χ0n) is 18.8. The van der Waals surface area contributed by atoms with E-state index in [-0.39, 0.29) is 5.82 Å². The van der Waals surface area contributed by atoms with Gasteiger partial charge in [0.05, 0.1) is 18.5 Å². The van der Waals surface area contributed by atoms with Crippen molar-refractivity contribution in [3.63, 3.8) is 0 Å². The summed E-state index contributed by atoms with van der Waals surface area (Å²) in [6, 6.07) is 4.84. The molecule has 2 aliphatic carbocycles. The van der Waals surface area contributed by atoms with E-state index in [1.54, 1.807) is 19.4 Å². The summed E-state index contributed by atoms with van der Waals surface area (Å²) >= 11 is 6.24. The Morgan fingerprint density at radius 1 is 1.09 bits per heavy atom. The molecule has 2 aromatic heterocycles. The van der Waals surface area contributed by atoms with E-state index in [1.165, 1.54) is 19.0 Å². The number of hydrogen-bond acceptors (Lipinski definition) is 6. The summed E-state index contributed by atoms with van der Waals surface area (Å²) in [5.41, 5.74) is 1.91. The van der Waals surface area contributed by atoms with Crippen LogP contribution in [-0.4, -0.2) is 48.4 Å². The Kier molecular flexibility index (Phi) is 7.81. The van der Waals surface area contributed by atoms with Crippen LogP contribution in [0.2, 0.25) is 5.15 Å². The number of anilines is 2. The van der Waals surface area contributed by atoms with Crippen LogP contribution in [-0.2, 0) is 4.74 Å². The Hall–Kier alpha value is -1.96. The minimum absolute atomic E-state index is 0.329. The first kappa shape index (κ1) is 23.2. The number of pyridine rings is 2. The van der Waals surface area contributed by atoms with Gasteiger partial charge in [-0.2, -0.15) is 0 Å². The van der Waals surface area contributed by atoms with Gasteiger partial charge in [-0.15, -0.1) is 0 Å². The number of methoxy groups -OCH3 is 1. The highest BCUT2D eigenvalue weighted by molar-refractivity contribution is 6.32. The van der Waals surface area contributed by atoms with Gasteiger partial charge >= 0.3 is 0 Å². The van der Waals surface area contributed by atoms with Crippen LogP contribution in [0.1, 0.15) is 45.4 Å². The van der Waals surface area contributed by atoms with Gasteiger partial charge in [-0.05, 0) is 63.5 Å². The highest BCUT2D eigenvalue weighted by Crippen LogP contribution is 2.33. The average molecular weight is 462 g/mol. The summed E-state index contributed by atoms with van der Waals surface area (Å²) in [6.45, 7) is 3.74. The fourth-order valence-corrected chi connectivity index (χ4v) is 4.52. The molecule has 0 bridgehead atoms. The van der Waals surface area contributed by atoms with Gasteiger partial charge in [0.1, 0.15) is 11.6 Å². The molecular formula is C24H33ClFN5O. The maximum atomic E-state index is 14.6. The predicted octanol–water partition coefficient (Wildman–Crippen LogP) is 5.11. The molecule has 2 aliphatic rings. The lowest BCUT2D eigenvalue weighted by molar-refractivity contribution is 0.161. The number of halogens is 2. The Bertz CT molecular complexity index is 902. The van der Waals surface area contributed by atoms with Crippen LogP contribution in [0, 0.1) is 11.7 Å². The van der Waals surface area contributed by atoms with Gasteiger partial charge in [0.2, 0.25) is 0 Å². The molecule has 0 radical (unpaired) electrons. The lowest BCUT2D eigenvalue weighted by Crippen LogP contribution is -2.42. The molecule has 6 nitrogen and oxygen atoms in total. The zero-order chi connectivity index (χ0) is 22.5. The van der Waals surface area contributed by atoms with Crippen molar-refractivity contribution in [1.29, 1.82) is 0 Å². The van der Waals surface area contributed by atoms with E-state index in [0.29, 0.717) is 46.1 Å². The number of aromatic nitrogens is 2. The topological polar surface area (TPSA) is 71.1 Å². The van der Waals surface area contributed by atoms with Crippen LogP contribution in [0.4, 0.5) is 15.9 Å². The monoisotopic (exact) mass is 461 g/mol. The van der Waals surface area contributed by atoms with E-state index in [4.69, 9.17) is 16.3 Å². The molecule has 1 atom stereocenters. The van der Waals surface area contributed by atoms with E-state index in [0.717, 1.165) is 44.5 Å². The Morgan fingerprint density at radius 2 is 1.84 bits per heavy atom. The first-order chi connectivity index (χ1) is 15.5. The molecule has 8 heteroatoms. The molecule has 174 valence electrons. The molecule has 2 fully saturated rings. The Balaban J connectivity index is 1.38. The largest absolute Gasteiger partial charge is 0.383 e. The quantitative estimate of drug-likeness (QED) is 0.427. The lowest BCUT2D eigenvalue weighted by Gasteiger charge is -2.31. The third-order valence-electron chi connectivity index (χ3n) is 6.30. The number of rotatable bonds is 10. The second-order valence-corrected chi connectivity index (χ2v) is 9.51. The number of ether oxygens (including phenoxy) is 1. The standard InChI is InChI=1S/C24H33ClFN5O/c1-15(14-32-2)30-18-5-7-19(8-6-18)31-23-10-20(21(26)13-28-23)17-9-22(24(25)29-12-17)27-11-16-3-4-16/h9-10,12-13,15-16,18-19,27,30H,3-8,11,14H2,1-2H3,(H,28,31)/t15-,18-,19-/m0/s1. The number of nitrogens with one attached hydrogen (secondary N) is 3. The summed E-state index contributed by atoms with van der Waals surface area (Å²) < 4.78 is 19.8. The van der Waals surface area contributed by atoms with Crippen LogP contribution in [0.25, 0.3) is 11.1 Å². The second-order valence-electron chi connectivity index (χ2n) is 9.15. The molecule has 0 spiro atoms. The van der Waals surface area contributed by atoms with Crippen molar-refractivity contribution >= 4 is 23.1 Å². The van der Waals surface area contributed by atoms with E-state index in [9.17, 15) is 4.39 Å². The van der Waals surface area contributed by atoms with Gasteiger partial charge in [0.15, 0.2) is 5.15 Å². The highest BCUT2D eigenvalue weighted by atomic mass is 35.5. The van der Waals surface area contributed by atoms with Crippen LogP contribution in [0.3, 0.4) is 0 Å². The van der Waals surface area contributed by atoms with Crippen LogP contribution in [0.5, 0.6) is 0 Å². The molecule has 0 aromatic carbocycles. The fourth-order valence-electron chi connectivity index (χ4n) is 4.35. The minimum Gasteiger partial charge on any atom is -0.383 e. The third kappa shape index (κ3) is 6.30. The molecule has 3 N–H and O–H groups in total. The first-order valence-corrected chi connectivity index (χ1v) is 12.0. The van der Waals surface area contributed by atoms with Crippen molar-refractivity contribution in [2.24, 2.45) is 5.92 Å². The third-order valence-corrected chi connectivity index (χ3v) is 6.60. The van der Waals surface area contributed by atoms with Gasteiger partial charge in [0, 0.05) is 49.1 Å². The predicted molar refractivity (Wildman–Crippen MR) is 128 cm³/mol. The number of nitrogens with zero attached hydrogens (tertiary/aromatic N) is 2. The SMILES string of the molecule is COC[C@H](C)N[C@H]1CC[C@H](Nc2cc(-c3cnc(Cl)c(NCC4CC4)c3)c(F)cn2)CC1. The molecule has 0 amide bonds. The smallest absolute Gasteiger partial charge is 0.152 e. The molecule has 0 aliphatic heterocycles. The highest BCUT2D eigenvalue weighted by Gasteiger charge is 2.23. The second kappa shape index (κ2) is 10.8. The molecule has 0 unspecified atom stereocenters.